The zero-order valence-electron chi connectivity index (χ0n) is 28.4. The lowest BCUT2D eigenvalue weighted by Gasteiger charge is -2.12. The van der Waals surface area contributed by atoms with Gasteiger partial charge in [-0.05, 0) is 72.1 Å². The summed E-state index contributed by atoms with van der Waals surface area (Å²) in [6.45, 7) is 0. The maximum atomic E-state index is 6.48. The second-order valence-corrected chi connectivity index (χ2v) is 13.8. The van der Waals surface area contributed by atoms with Crippen molar-refractivity contribution in [2.45, 2.75) is 0 Å². The third kappa shape index (κ3) is 3.96. The van der Waals surface area contributed by atoms with E-state index in [0.29, 0.717) is 5.95 Å². The van der Waals surface area contributed by atoms with E-state index >= 15 is 0 Å². The van der Waals surface area contributed by atoms with Crippen molar-refractivity contribution in [1.82, 2.24) is 19.1 Å². The molecule has 0 aliphatic rings. The van der Waals surface area contributed by atoms with E-state index in [1.807, 2.05) is 0 Å². The Kier molecular flexibility index (Phi) is 5.71. The smallest absolute Gasteiger partial charge is 0.235 e. The van der Waals surface area contributed by atoms with Crippen molar-refractivity contribution >= 4 is 87.2 Å². The average molecular weight is 677 g/mol. The third-order valence-corrected chi connectivity index (χ3v) is 10.9. The highest BCUT2D eigenvalue weighted by Crippen LogP contribution is 2.43. The molecule has 5 nitrogen and oxygen atoms in total. The van der Waals surface area contributed by atoms with E-state index in [9.17, 15) is 0 Å². The monoisotopic (exact) mass is 676 g/mol. The number of nitrogens with zero attached hydrogens (tertiary/aromatic N) is 4. The number of hydrogen-bond acceptors (Lipinski definition) is 3. The summed E-state index contributed by atoms with van der Waals surface area (Å²) >= 11 is 0. The molecule has 12 aromatic rings. The lowest BCUT2D eigenvalue weighted by molar-refractivity contribution is 0.672. The van der Waals surface area contributed by atoms with Crippen LogP contribution in [-0.4, -0.2) is 19.1 Å². The van der Waals surface area contributed by atoms with Gasteiger partial charge in [0.25, 0.3) is 0 Å². The van der Waals surface area contributed by atoms with Crippen molar-refractivity contribution in [2.24, 2.45) is 0 Å². The standard InChI is InChI=1S/C48H28N4O/c1-2-13-31(14-3-1)51-39-20-10-7-17-35(39)44-41(51)25-26-42-45(44)36-18-8-11-21-40(36)52(42)48-49-38-19-9-6-16-34(38)46(50-48)30-23-27-43-37(28-30)33-24-22-29-12-4-5-15-32(29)47(33)53-43/h1-28H. The van der Waals surface area contributed by atoms with Gasteiger partial charge in [-0.25, -0.2) is 9.97 Å². The first kappa shape index (κ1) is 28.5. The molecule has 0 radical (unpaired) electrons. The maximum Gasteiger partial charge on any atom is 0.235 e. The molecule has 4 aromatic heterocycles. The third-order valence-electron chi connectivity index (χ3n) is 10.9. The predicted molar refractivity (Wildman–Crippen MR) is 218 cm³/mol. The van der Waals surface area contributed by atoms with E-state index in [-0.39, 0.29) is 0 Å². The molecular formula is C48H28N4O. The van der Waals surface area contributed by atoms with E-state index in [1.165, 1.54) is 38.0 Å². The Hall–Kier alpha value is -7.24. The quantitative estimate of drug-likeness (QED) is 0.187. The number of rotatable bonds is 3. The average Bonchev–Trinajstić information content (AvgIpc) is 3.88. The van der Waals surface area contributed by atoms with Crippen LogP contribution in [-0.2, 0) is 0 Å². The molecule has 0 atom stereocenters. The fourth-order valence-electron chi connectivity index (χ4n) is 8.63. The minimum Gasteiger partial charge on any atom is -0.455 e. The van der Waals surface area contributed by atoms with Crippen molar-refractivity contribution in [3.05, 3.63) is 170 Å². The normalized spacial score (nSPS) is 12.2. The zero-order valence-corrected chi connectivity index (χ0v) is 28.4. The first-order valence-electron chi connectivity index (χ1n) is 17.9. The topological polar surface area (TPSA) is 48.8 Å². The van der Waals surface area contributed by atoms with Crippen LogP contribution in [0.2, 0.25) is 0 Å². The Morgan fingerprint density at radius 2 is 1.06 bits per heavy atom. The van der Waals surface area contributed by atoms with Crippen LogP contribution in [0.1, 0.15) is 0 Å². The van der Waals surface area contributed by atoms with Crippen LogP contribution >= 0.6 is 0 Å². The Morgan fingerprint density at radius 3 is 1.85 bits per heavy atom. The lowest BCUT2D eigenvalue weighted by atomic mass is 10.0. The Bertz CT molecular complexity index is 3460. The van der Waals surface area contributed by atoms with Crippen LogP contribution in [0.4, 0.5) is 0 Å². The molecule has 0 unspecified atom stereocenters. The fraction of sp³-hybridized carbons (Fsp3) is 0. The molecule has 0 aliphatic carbocycles. The summed E-state index contributed by atoms with van der Waals surface area (Å²) in [6.07, 6.45) is 0. The van der Waals surface area contributed by atoms with Crippen molar-refractivity contribution in [3.8, 4) is 22.9 Å². The number of benzene rings is 8. The van der Waals surface area contributed by atoms with E-state index in [4.69, 9.17) is 14.4 Å². The highest BCUT2D eigenvalue weighted by atomic mass is 16.3. The second-order valence-electron chi connectivity index (χ2n) is 13.8. The summed E-state index contributed by atoms with van der Waals surface area (Å²) < 4.78 is 11.1. The fourth-order valence-corrected chi connectivity index (χ4v) is 8.63. The van der Waals surface area contributed by atoms with Gasteiger partial charge >= 0.3 is 0 Å². The van der Waals surface area contributed by atoms with Gasteiger partial charge < -0.3 is 8.98 Å². The second kappa shape index (κ2) is 10.6. The molecule has 0 amide bonds. The van der Waals surface area contributed by atoms with E-state index in [2.05, 4.69) is 179 Å². The molecule has 12 rings (SSSR count). The van der Waals surface area contributed by atoms with E-state index in [1.54, 1.807) is 0 Å². The highest BCUT2D eigenvalue weighted by Gasteiger charge is 2.22. The first-order chi connectivity index (χ1) is 26.3. The zero-order chi connectivity index (χ0) is 34.6. The minimum atomic E-state index is 0.638. The SMILES string of the molecule is c1ccc(-n2c3ccccc3c3c4c5ccccc5n(-c5nc(-c6ccc7oc8c9ccccc9ccc8c7c6)c6ccccc6n5)c4ccc32)cc1. The molecule has 8 aromatic carbocycles. The lowest BCUT2D eigenvalue weighted by Crippen LogP contribution is -2.03. The largest absolute Gasteiger partial charge is 0.455 e. The van der Waals surface area contributed by atoms with E-state index < -0.39 is 0 Å². The molecule has 246 valence electrons. The van der Waals surface area contributed by atoms with Crippen LogP contribution in [0.3, 0.4) is 0 Å². The van der Waals surface area contributed by atoms with Crippen molar-refractivity contribution in [1.29, 1.82) is 0 Å². The van der Waals surface area contributed by atoms with E-state index in [0.717, 1.165) is 66.2 Å². The molecule has 0 bridgehead atoms. The van der Waals surface area contributed by atoms with Crippen molar-refractivity contribution in [3.63, 3.8) is 0 Å². The molecule has 0 saturated heterocycles. The van der Waals surface area contributed by atoms with Gasteiger partial charge in [0.2, 0.25) is 5.95 Å². The maximum absolute atomic E-state index is 6.48. The summed E-state index contributed by atoms with van der Waals surface area (Å²) in [5.41, 5.74) is 10.2. The summed E-state index contributed by atoms with van der Waals surface area (Å²) in [4.78, 5) is 10.7. The van der Waals surface area contributed by atoms with Crippen LogP contribution in [0.25, 0.3) is 110 Å². The van der Waals surface area contributed by atoms with Gasteiger partial charge in [-0.15, -0.1) is 0 Å². The number of fused-ring (bicyclic) bond motifs is 13. The number of hydrogen-bond donors (Lipinski definition) is 0. The van der Waals surface area contributed by atoms with Gasteiger partial charge in [0.15, 0.2) is 0 Å². The van der Waals surface area contributed by atoms with Gasteiger partial charge in [-0.3, -0.25) is 4.57 Å². The summed E-state index contributed by atoms with van der Waals surface area (Å²) in [6, 6.07) is 59.9. The van der Waals surface area contributed by atoms with Crippen LogP contribution in [0, 0.1) is 0 Å². The minimum absolute atomic E-state index is 0.638. The number of furan rings is 1. The Labute approximate surface area is 302 Å². The summed E-state index contributed by atoms with van der Waals surface area (Å²) in [5, 5.41) is 10.3. The van der Waals surface area contributed by atoms with Crippen molar-refractivity contribution in [2.75, 3.05) is 0 Å². The summed E-state index contributed by atoms with van der Waals surface area (Å²) in [7, 11) is 0. The van der Waals surface area contributed by atoms with Gasteiger partial charge in [-0.1, -0.05) is 103 Å². The summed E-state index contributed by atoms with van der Waals surface area (Å²) in [5.74, 6) is 0.638. The van der Waals surface area contributed by atoms with Gasteiger partial charge in [-0.2, -0.15) is 0 Å². The molecular weight excluding hydrogens is 649 g/mol. The van der Waals surface area contributed by atoms with Gasteiger partial charge in [0.1, 0.15) is 11.2 Å². The van der Waals surface area contributed by atoms with Crippen LogP contribution < -0.4 is 0 Å². The molecule has 0 fully saturated rings. The predicted octanol–water partition coefficient (Wildman–Crippen LogP) is 12.5. The number of para-hydroxylation sites is 4. The van der Waals surface area contributed by atoms with Crippen LogP contribution in [0.15, 0.2) is 174 Å². The molecule has 0 N–H and O–H groups in total. The Balaban J connectivity index is 1.15. The van der Waals surface area contributed by atoms with Gasteiger partial charge in [0.05, 0.1) is 33.3 Å². The molecule has 5 heteroatoms. The first-order valence-corrected chi connectivity index (χ1v) is 17.9. The molecule has 0 spiro atoms. The molecule has 0 aliphatic heterocycles. The van der Waals surface area contributed by atoms with Crippen LogP contribution in [0.5, 0.6) is 0 Å². The Morgan fingerprint density at radius 1 is 0.415 bits per heavy atom. The molecule has 0 saturated carbocycles. The molecule has 4 heterocycles. The van der Waals surface area contributed by atoms with Crippen molar-refractivity contribution < 1.29 is 4.42 Å². The number of aromatic nitrogens is 4. The highest BCUT2D eigenvalue weighted by molar-refractivity contribution is 6.29. The molecule has 53 heavy (non-hydrogen) atoms. The van der Waals surface area contributed by atoms with Gasteiger partial charge in [0, 0.05) is 54.3 Å².